The molecule has 0 unspecified atom stereocenters. The van der Waals surface area contributed by atoms with Crippen LogP contribution in [0.2, 0.25) is 0 Å². The van der Waals surface area contributed by atoms with Crippen molar-refractivity contribution in [1.29, 1.82) is 0 Å². The van der Waals surface area contributed by atoms with Crippen molar-refractivity contribution in [2.24, 2.45) is 5.92 Å². The Labute approximate surface area is 263 Å². The summed E-state index contributed by atoms with van der Waals surface area (Å²) in [5.74, 6) is 0.504. The maximum absolute atomic E-state index is 16.7. The van der Waals surface area contributed by atoms with Crippen molar-refractivity contribution in [3.05, 3.63) is 47.7 Å². The fourth-order valence-electron chi connectivity index (χ4n) is 7.41. The lowest BCUT2D eigenvalue weighted by molar-refractivity contribution is -0.146. The second-order valence-electron chi connectivity index (χ2n) is 12.3. The molecular weight excluding hydrogens is 599 g/mol. The molecule has 3 aliphatic rings. The van der Waals surface area contributed by atoms with Crippen LogP contribution in [0.1, 0.15) is 37.7 Å². The lowest BCUT2D eigenvalue weighted by Crippen LogP contribution is -2.43. The van der Waals surface area contributed by atoms with Crippen LogP contribution < -0.4 is 9.64 Å². The molecule has 0 bridgehead atoms. The minimum absolute atomic E-state index is 0.0756. The molecule has 238 valence electrons. The van der Waals surface area contributed by atoms with Gasteiger partial charge < -0.3 is 19.5 Å². The summed E-state index contributed by atoms with van der Waals surface area (Å²) in [6.45, 7) is 2.16. The van der Waals surface area contributed by atoms with E-state index in [0.717, 1.165) is 19.4 Å². The van der Waals surface area contributed by atoms with Crippen LogP contribution in [0, 0.1) is 29.9 Å². The molecule has 0 amide bonds. The molecule has 12 heteroatoms. The summed E-state index contributed by atoms with van der Waals surface area (Å²) in [7, 11) is 1.36. The molecule has 2 atom stereocenters. The standard InChI is InChI=1S/C34H32F3N5O4/c1-3-23-26(36)6-5-20-13-22(43)14-24(27(20)23)29-28(37)30-25(16-38-29)31(41-11-7-19(8-12-41)32(44)45-2)40-33(39-30)46-18-34-9-4-10-42(34)17-21(35)15-34/h1,5-6,13-14,16,19,21,43H,4,7-12,15,17-18H2,2H3/t21-,34+/m1/s1. The summed E-state index contributed by atoms with van der Waals surface area (Å²) < 4.78 is 57.1. The van der Waals surface area contributed by atoms with Crippen LogP contribution in [-0.4, -0.2) is 82.5 Å². The highest BCUT2D eigenvalue weighted by atomic mass is 19.1. The van der Waals surface area contributed by atoms with Crippen molar-refractivity contribution in [2.45, 2.75) is 43.8 Å². The Bertz CT molecular complexity index is 1910. The van der Waals surface area contributed by atoms with Crippen LogP contribution in [0.15, 0.2) is 30.5 Å². The number of hydrogen-bond donors (Lipinski definition) is 1. The molecule has 5 heterocycles. The number of rotatable bonds is 6. The first-order valence-electron chi connectivity index (χ1n) is 15.3. The van der Waals surface area contributed by atoms with Gasteiger partial charge in [-0.25, -0.2) is 13.2 Å². The minimum Gasteiger partial charge on any atom is -0.508 e. The zero-order valence-electron chi connectivity index (χ0n) is 25.2. The van der Waals surface area contributed by atoms with E-state index < -0.39 is 23.3 Å². The van der Waals surface area contributed by atoms with Crippen molar-refractivity contribution in [3.8, 4) is 35.4 Å². The van der Waals surface area contributed by atoms with Crippen LogP contribution >= 0.6 is 0 Å². The molecule has 0 aliphatic carbocycles. The average Bonchev–Trinajstić information content (AvgIpc) is 3.59. The third-order valence-electron chi connectivity index (χ3n) is 9.65. The first-order valence-corrected chi connectivity index (χ1v) is 15.3. The molecule has 0 saturated carbocycles. The molecule has 9 nitrogen and oxygen atoms in total. The molecule has 3 saturated heterocycles. The average molecular weight is 632 g/mol. The number of terminal acetylenes is 1. The number of esters is 1. The number of pyridine rings is 1. The molecule has 1 N–H and O–H groups in total. The minimum atomic E-state index is -0.950. The van der Waals surface area contributed by atoms with E-state index in [-0.39, 0.29) is 58.0 Å². The number of phenolic OH excluding ortho intramolecular Hbond substituents is 1. The van der Waals surface area contributed by atoms with E-state index in [1.165, 1.54) is 37.6 Å². The number of ether oxygens (including phenoxy) is 2. The maximum atomic E-state index is 16.7. The van der Waals surface area contributed by atoms with Gasteiger partial charge in [0.25, 0.3) is 0 Å². The smallest absolute Gasteiger partial charge is 0.319 e. The quantitative estimate of drug-likeness (QED) is 0.229. The number of piperidine rings is 1. The summed E-state index contributed by atoms with van der Waals surface area (Å²) in [5, 5.41) is 11.4. The monoisotopic (exact) mass is 631 g/mol. The number of nitrogens with zero attached hydrogens (tertiary/aromatic N) is 5. The zero-order valence-corrected chi connectivity index (χ0v) is 25.2. The lowest BCUT2D eigenvalue weighted by Gasteiger charge is -2.33. The second kappa shape index (κ2) is 11.6. The largest absolute Gasteiger partial charge is 0.508 e. The first kappa shape index (κ1) is 30.0. The Morgan fingerprint density at radius 1 is 1.20 bits per heavy atom. The van der Waals surface area contributed by atoms with Crippen molar-refractivity contribution < 1.29 is 32.5 Å². The Morgan fingerprint density at radius 3 is 2.76 bits per heavy atom. The third kappa shape index (κ3) is 5.03. The van der Waals surface area contributed by atoms with E-state index in [1.807, 2.05) is 4.90 Å². The van der Waals surface area contributed by atoms with Gasteiger partial charge in [0.1, 0.15) is 41.4 Å². The highest BCUT2D eigenvalue weighted by molar-refractivity contribution is 6.03. The van der Waals surface area contributed by atoms with Gasteiger partial charge in [-0.3, -0.25) is 14.7 Å². The van der Waals surface area contributed by atoms with E-state index >= 15 is 4.39 Å². The summed E-state index contributed by atoms with van der Waals surface area (Å²) in [6.07, 6.45) is 9.20. The van der Waals surface area contributed by atoms with Crippen LogP contribution in [-0.2, 0) is 9.53 Å². The molecule has 4 aromatic rings. The van der Waals surface area contributed by atoms with E-state index in [9.17, 15) is 18.7 Å². The molecular formula is C34H32F3N5O4. The van der Waals surface area contributed by atoms with Gasteiger partial charge >= 0.3 is 12.0 Å². The van der Waals surface area contributed by atoms with Gasteiger partial charge in [-0.15, -0.1) is 6.42 Å². The van der Waals surface area contributed by atoms with Crippen LogP contribution in [0.4, 0.5) is 19.0 Å². The topological polar surface area (TPSA) is 101 Å². The Kier molecular flexibility index (Phi) is 7.59. The van der Waals surface area contributed by atoms with Crippen LogP contribution in [0.3, 0.4) is 0 Å². The number of benzene rings is 2. The van der Waals surface area contributed by atoms with Crippen molar-refractivity contribution in [1.82, 2.24) is 19.9 Å². The third-order valence-corrected chi connectivity index (χ3v) is 9.65. The van der Waals surface area contributed by atoms with E-state index in [1.54, 1.807) is 0 Å². The van der Waals surface area contributed by atoms with E-state index in [0.29, 0.717) is 55.5 Å². The second-order valence-corrected chi connectivity index (χ2v) is 12.3. The predicted molar refractivity (Wildman–Crippen MR) is 165 cm³/mol. The number of anilines is 1. The number of fused-ring (bicyclic) bond motifs is 3. The fraction of sp³-hybridized carbons (Fsp3) is 0.412. The summed E-state index contributed by atoms with van der Waals surface area (Å²) in [5.41, 5.74) is -0.742. The molecule has 46 heavy (non-hydrogen) atoms. The number of aromatic hydroxyl groups is 1. The molecule has 2 aromatic carbocycles. The number of alkyl halides is 1. The van der Waals surface area contributed by atoms with Gasteiger partial charge in [-0.1, -0.05) is 12.0 Å². The van der Waals surface area contributed by atoms with Gasteiger partial charge in [0, 0.05) is 43.2 Å². The molecule has 2 aromatic heterocycles. The number of halogens is 3. The summed E-state index contributed by atoms with van der Waals surface area (Å²) in [4.78, 5) is 29.8. The molecule has 7 rings (SSSR count). The number of methoxy groups -OCH3 is 1. The van der Waals surface area contributed by atoms with Gasteiger partial charge in [0.05, 0.1) is 29.5 Å². The van der Waals surface area contributed by atoms with Crippen LogP contribution in [0.25, 0.3) is 32.9 Å². The first-order chi connectivity index (χ1) is 22.2. The van der Waals surface area contributed by atoms with Gasteiger partial charge in [0.2, 0.25) is 0 Å². The maximum Gasteiger partial charge on any atom is 0.319 e. The number of aromatic nitrogens is 3. The van der Waals surface area contributed by atoms with Gasteiger partial charge in [-0.2, -0.15) is 9.97 Å². The number of phenols is 1. The number of hydrogen-bond acceptors (Lipinski definition) is 9. The van der Waals surface area contributed by atoms with Gasteiger partial charge in [-0.05, 0) is 55.8 Å². The molecule has 3 fully saturated rings. The normalized spacial score (nSPS) is 21.9. The summed E-state index contributed by atoms with van der Waals surface area (Å²) in [6, 6.07) is 5.28. The zero-order chi connectivity index (χ0) is 32.2. The predicted octanol–water partition coefficient (Wildman–Crippen LogP) is 5.15. The van der Waals surface area contributed by atoms with Crippen molar-refractivity contribution in [3.63, 3.8) is 0 Å². The van der Waals surface area contributed by atoms with Crippen molar-refractivity contribution >= 4 is 33.5 Å². The Balaban J connectivity index is 1.35. The fourth-order valence-corrected chi connectivity index (χ4v) is 7.41. The lowest BCUT2D eigenvalue weighted by atomic mass is 9.95. The number of carbonyl (C=O) groups excluding carboxylic acids is 1. The molecule has 0 spiro atoms. The van der Waals surface area contributed by atoms with Gasteiger partial charge in [0.15, 0.2) is 5.82 Å². The Hall–Kier alpha value is -4.63. The highest BCUT2D eigenvalue weighted by Gasteiger charge is 2.49. The molecule has 0 radical (unpaired) electrons. The van der Waals surface area contributed by atoms with E-state index in [4.69, 9.17) is 20.9 Å². The SMILES string of the molecule is C#Cc1c(F)ccc2cc(O)cc(-c3ncc4c(N5CCC(C(=O)OC)CC5)nc(OC[C@@]56CCCN5C[C@H](F)C6)nc4c3F)c12. The molecule has 3 aliphatic heterocycles. The number of carbonyl (C=O) groups is 1. The van der Waals surface area contributed by atoms with Crippen molar-refractivity contribution in [2.75, 3.05) is 44.8 Å². The van der Waals surface area contributed by atoms with E-state index in [2.05, 4.69) is 20.8 Å². The Morgan fingerprint density at radius 2 is 2.00 bits per heavy atom. The highest BCUT2D eigenvalue weighted by Crippen LogP contribution is 2.42. The summed E-state index contributed by atoms with van der Waals surface area (Å²) >= 11 is 0. The van der Waals surface area contributed by atoms with Crippen LogP contribution in [0.5, 0.6) is 11.8 Å².